The molecule has 2 aromatic heterocycles. The monoisotopic (exact) mass is 412 g/mol. The van der Waals surface area contributed by atoms with Gasteiger partial charge in [0.05, 0.1) is 23.0 Å². The summed E-state index contributed by atoms with van der Waals surface area (Å²) in [6, 6.07) is 5.50. The SMILES string of the molecule is Cc1ccc(NS(=O)(=O)c2cnn(CC(=O)N3CCCC3)c2)c2[nH]cc(C#N)c12. The highest BCUT2D eigenvalue weighted by Gasteiger charge is 2.22. The summed E-state index contributed by atoms with van der Waals surface area (Å²) in [6.45, 7) is 3.33. The van der Waals surface area contributed by atoms with Gasteiger partial charge in [-0.15, -0.1) is 0 Å². The van der Waals surface area contributed by atoms with Crippen molar-refractivity contribution in [3.8, 4) is 6.07 Å². The fourth-order valence-electron chi connectivity index (χ4n) is 3.57. The minimum atomic E-state index is -3.91. The lowest BCUT2D eigenvalue weighted by Gasteiger charge is -2.14. The molecule has 0 unspecified atom stereocenters. The van der Waals surface area contributed by atoms with E-state index in [0.717, 1.165) is 31.5 Å². The van der Waals surface area contributed by atoms with Gasteiger partial charge in [-0.1, -0.05) is 6.07 Å². The molecule has 4 rings (SSSR count). The molecular formula is C19H20N6O3S. The maximum absolute atomic E-state index is 12.8. The lowest BCUT2D eigenvalue weighted by atomic mass is 10.1. The number of H-pyrrole nitrogens is 1. The first-order chi connectivity index (χ1) is 13.9. The van der Waals surface area contributed by atoms with Crippen LogP contribution in [0.1, 0.15) is 24.0 Å². The lowest BCUT2D eigenvalue weighted by Crippen LogP contribution is -2.31. The van der Waals surface area contributed by atoms with Crippen molar-refractivity contribution in [1.82, 2.24) is 19.7 Å². The number of nitriles is 1. The molecule has 1 amide bonds. The average molecular weight is 412 g/mol. The van der Waals surface area contributed by atoms with Crippen LogP contribution in [0.2, 0.25) is 0 Å². The molecule has 2 N–H and O–H groups in total. The van der Waals surface area contributed by atoms with Gasteiger partial charge in [0.2, 0.25) is 5.91 Å². The molecule has 1 fully saturated rings. The number of amides is 1. The summed E-state index contributed by atoms with van der Waals surface area (Å²) in [4.78, 5) is 16.9. The second-order valence-corrected chi connectivity index (χ2v) is 8.74. The summed E-state index contributed by atoms with van der Waals surface area (Å²) in [6.07, 6.45) is 6.10. The number of nitrogens with zero attached hydrogens (tertiary/aromatic N) is 4. The van der Waals surface area contributed by atoms with Crippen molar-refractivity contribution in [3.05, 3.63) is 41.9 Å². The highest BCUT2D eigenvalue weighted by atomic mass is 32.2. The van der Waals surface area contributed by atoms with Crippen LogP contribution in [0, 0.1) is 18.3 Å². The highest BCUT2D eigenvalue weighted by Crippen LogP contribution is 2.29. The number of aryl methyl sites for hydroxylation is 1. The van der Waals surface area contributed by atoms with Gasteiger partial charge < -0.3 is 9.88 Å². The predicted molar refractivity (Wildman–Crippen MR) is 107 cm³/mol. The van der Waals surface area contributed by atoms with Crippen LogP contribution >= 0.6 is 0 Å². The van der Waals surface area contributed by atoms with E-state index >= 15 is 0 Å². The lowest BCUT2D eigenvalue weighted by molar-refractivity contribution is -0.130. The number of aromatic nitrogens is 3. The number of nitrogens with one attached hydrogen (secondary N) is 2. The summed E-state index contributed by atoms with van der Waals surface area (Å²) in [5, 5.41) is 14.0. The van der Waals surface area contributed by atoms with Crippen molar-refractivity contribution in [1.29, 1.82) is 5.26 Å². The van der Waals surface area contributed by atoms with Gasteiger partial charge >= 0.3 is 0 Å². The Morgan fingerprint density at radius 1 is 1.34 bits per heavy atom. The number of anilines is 1. The number of likely N-dealkylation sites (tertiary alicyclic amines) is 1. The molecule has 0 bridgehead atoms. The molecule has 0 atom stereocenters. The van der Waals surface area contributed by atoms with Gasteiger partial charge in [0.15, 0.2) is 0 Å². The van der Waals surface area contributed by atoms with E-state index in [-0.39, 0.29) is 17.3 Å². The maximum atomic E-state index is 12.8. The number of hydrogen-bond acceptors (Lipinski definition) is 5. The van der Waals surface area contributed by atoms with Crippen LogP contribution in [-0.4, -0.2) is 47.1 Å². The first-order valence-corrected chi connectivity index (χ1v) is 10.7. The van der Waals surface area contributed by atoms with Crippen LogP contribution in [0.5, 0.6) is 0 Å². The molecule has 1 aliphatic heterocycles. The average Bonchev–Trinajstić information content (AvgIpc) is 3.44. The number of fused-ring (bicyclic) bond motifs is 1. The molecule has 9 nitrogen and oxygen atoms in total. The zero-order chi connectivity index (χ0) is 20.6. The van der Waals surface area contributed by atoms with Crippen molar-refractivity contribution in [3.63, 3.8) is 0 Å². The Balaban J connectivity index is 1.57. The Kier molecular flexibility index (Phi) is 4.76. The minimum Gasteiger partial charge on any atom is -0.358 e. The van der Waals surface area contributed by atoms with E-state index in [1.807, 2.05) is 6.92 Å². The second kappa shape index (κ2) is 7.25. The molecule has 10 heteroatoms. The van der Waals surface area contributed by atoms with Crippen LogP contribution in [0.25, 0.3) is 10.9 Å². The fourth-order valence-corrected chi connectivity index (χ4v) is 4.60. The Bertz CT molecular complexity index is 1230. The second-order valence-electron chi connectivity index (χ2n) is 7.06. The molecule has 3 aromatic rings. The highest BCUT2D eigenvalue weighted by molar-refractivity contribution is 7.92. The van der Waals surface area contributed by atoms with Crippen molar-refractivity contribution in [2.45, 2.75) is 31.2 Å². The molecule has 0 saturated carbocycles. The smallest absolute Gasteiger partial charge is 0.265 e. The number of carbonyl (C=O) groups is 1. The van der Waals surface area contributed by atoms with Crippen LogP contribution in [0.15, 0.2) is 35.6 Å². The van der Waals surface area contributed by atoms with Crippen LogP contribution < -0.4 is 4.72 Å². The van der Waals surface area contributed by atoms with Crippen molar-refractivity contribution >= 4 is 32.5 Å². The normalized spacial score (nSPS) is 14.3. The fraction of sp³-hybridized carbons (Fsp3) is 0.316. The van der Waals surface area contributed by atoms with E-state index in [0.29, 0.717) is 22.2 Å². The Morgan fingerprint density at radius 3 is 2.83 bits per heavy atom. The first kappa shape index (κ1) is 19.0. The maximum Gasteiger partial charge on any atom is 0.265 e. The molecule has 150 valence electrons. The molecule has 0 radical (unpaired) electrons. The van der Waals surface area contributed by atoms with Crippen molar-refractivity contribution < 1.29 is 13.2 Å². The number of rotatable bonds is 5. The van der Waals surface area contributed by atoms with Crippen LogP contribution in [0.3, 0.4) is 0 Å². The minimum absolute atomic E-state index is 0.00640. The summed E-state index contributed by atoms with van der Waals surface area (Å²) in [5.41, 5.74) is 2.20. The summed E-state index contributed by atoms with van der Waals surface area (Å²) < 4.78 is 29.5. The van der Waals surface area contributed by atoms with E-state index in [9.17, 15) is 18.5 Å². The van der Waals surface area contributed by atoms with Gasteiger partial charge in [0.1, 0.15) is 17.5 Å². The molecular weight excluding hydrogens is 392 g/mol. The summed E-state index contributed by atoms with van der Waals surface area (Å²) in [5.74, 6) is -0.0711. The quantitative estimate of drug-likeness (QED) is 0.663. The van der Waals surface area contributed by atoms with Crippen molar-refractivity contribution in [2.75, 3.05) is 17.8 Å². The van der Waals surface area contributed by atoms with Gasteiger partial charge in [-0.25, -0.2) is 8.42 Å². The van der Waals surface area contributed by atoms with Gasteiger partial charge in [0.25, 0.3) is 10.0 Å². The number of hydrogen-bond donors (Lipinski definition) is 2. The molecule has 3 heterocycles. The zero-order valence-corrected chi connectivity index (χ0v) is 16.7. The van der Waals surface area contributed by atoms with Gasteiger partial charge in [-0.05, 0) is 31.4 Å². The molecule has 1 saturated heterocycles. The van der Waals surface area contributed by atoms with E-state index in [1.165, 1.54) is 17.1 Å². The van der Waals surface area contributed by atoms with Crippen LogP contribution in [-0.2, 0) is 21.4 Å². The van der Waals surface area contributed by atoms with E-state index in [1.54, 1.807) is 23.2 Å². The summed E-state index contributed by atoms with van der Waals surface area (Å²) >= 11 is 0. The Morgan fingerprint density at radius 2 is 2.10 bits per heavy atom. The van der Waals surface area contributed by atoms with Crippen LogP contribution in [0.4, 0.5) is 5.69 Å². The standard InChI is InChI=1S/C19H20N6O3S/c1-13-4-5-16(19-18(13)14(8-20)9-21-19)23-29(27,28)15-10-22-25(11-15)12-17(26)24-6-2-3-7-24/h4-5,9-11,21,23H,2-3,6-7,12H2,1H3. The number of carbonyl (C=O) groups excluding carboxylic acids is 1. The van der Waals surface area contributed by atoms with Crippen molar-refractivity contribution in [2.24, 2.45) is 0 Å². The zero-order valence-electron chi connectivity index (χ0n) is 15.8. The molecule has 1 aromatic carbocycles. The number of aromatic amines is 1. The van der Waals surface area contributed by atoms with Gasteiger partial charge in [-0.2, -0.15) is 10.4 Å². The molecule has 0 aliphatic carbocycles. The Hall–Kier alpha value is -3.32. The van der Waals surface area contributed by atoms with Gasteiger partial charge in [0, 0.05) is 30.9 Å². The van der Waals surface area contributed by atoms with E-state index in [2.05, 4.69) is 20.9 Å². The summed E-state index contributed by atoms with van der Waals surface area (Å²) in [7, 11) is -3.91. The number of benzene rings is 1. The van der Waals surface area contributed by atoms with E-state index < -0.39 is 10.0 Å². The van der Waals surface area contributed by atoms with E-state index in [4.69, 9.17) is 0 Å². The topological polar surface area (TPSA) is 124 Å². The molecule has 0 spiro atoms. The predicted octanol–water partition coefficient (Wildman–Crippen LogP) is 1.97. The third-order valence-electron chi connectivity index (χ3n) is 5.08. The molecule has 29 heavy (non-hydrogen) atoms. The first-order valence-electron chi connectivity index (χ1n) is 9.23. The van der Waals surface area contributed by atoms with Gasteiger partial charge in [-0.3, -0.25) is 14.2 Å². The molecule has 1 aliphatic rings. The number of sulfonamides is 1. The third kappa shape index (κ3) is 3.56. The largest absolute Gasteiger partial charge is 0.358 e. The Labute approximate surface area is 168 Å². The third-order valence-corrected chi connectivity index (χ3v) is 6.40.